The van der Waals surface area contributed by atoms with Crippen LogP contribution in [0.5, 0.6) is 0 Å². The number of carboxylic acids is 1. The molecule has 2 N–H and O–H groups in total. The number of pyridine rings is 1. The third-order valence-corrected chi connectivity index (χ3v) is 2.40. The van der Waals surface area contributed by atoms with Gasteiger partial charge in [-0.15, -0.1) is 0 Å². The van der Waals surface area contributed by atoms with Crippen molar-refractivity contribution >= 4 is 23.4 Å². The molecule has 100 valence electrons. The molecule has 5 heteroatoms. The quantitative estimate of drug-likeness (QED) is 0.882. The van der Waals surface area contributed by atoms with E-state index in [2.05, 4.69) is 10.3 Å². The Kier molecular flexibility index (Phi) is 5.82. The fraction of sp³-hybridized carbons (Fsp3) is 0.143. The number of benzene rings is 1. The van der Waals surface area contributed by atoms with Crippen LogP contribution in [0.1, 0.15) is 6.92 Å². The summed E-state index contributed by atoms with van der Waals surface area (Å²) in [6.45, 7) is 1.08. The lowest BCUT2D eigenvalue weighted by atomic mass is 10.1. The van der Waals surface area contributed by atoms with Gasteiger partial charge >= 0.3 is 0 Å². The first kappa shape index (κ1) is 15.0. The van der Waals surface area contributed by atoms with Crippen LogP contribution in [0.25, 0.3) is 11.3 Å². The molecule has 2 rings (SSSR count). The van der Waals surface area contributed by atoms with Gasteiger partial charge in [-0.1, -0.05) is 29.8 Å². The molecule has 2 aromatic rings. The van der Waals surface area contributed by atoms with Crippen LogP contribution < -0.4 is 5.32 Å². The minimum atomic E-state index is -0.833. The number of anilines is 1. The highest BCUT2D eigenvalue weighted by Gasteiger charge is 1.99. The van der Waals surface area contributed by atoms with Crippen molar-refractivity contribution in [1.82, 2.24) is 4.98 Å². The van der Waals surface area contributed by atoms with Gasteiger partial charge in [-0.2, -0.15) is 0 Å². The zero-order valence-electron chi connectivity index (χ0n) is 10.7. The van der Waals surface area contributed by atoms with E-state index in [1.807, 2.05) is 49.5 Å². The molecule has 19 heavy (non-hydrogen) atoms. The Balaban J connectivity index is 0.000000399. The smallest absolute Gasteiger partial charge is 0.300 e. The lowest BCUT2D eigenvalue weighted by Crippen LogP contribution is -1.92. The molecule has 0 saturated carbocycles. The monoisotopic (exact) mass is 278 g/mol. The van der Waals surface area contributed by atoms with E-state index in [0.29, 0.717) is 0 Å². The molecular formula is C14H15ClN2O2. The molecule has 0 atom stereocenters. The standard InChI is InChI=1S/C12H11ClN2.C2H4O2/c1-14-12-4-2-3-11(15-12)9-5-7-10(13)8-6-9;1-2(3)4/h2-8H,1H3,(H,14,15);1H3,(H,3,4). The number of nitrogens with zero attached hydrogens (tertiary/aromatic N) is 1. The SMILES string of the molecule is CC(=O)O.CNc1cccc(-c2ccc(Cl)cc2)n1. The van der Waals surface area contributed by atoms with Crippen LogP contribution in [0.3, 0.4) is 0 Å². The number of hydrogen-bond donors (Lipinski definition) is 2. The van der Waals surface area contributed by atoms with E-state index in [9.17, 15) is 0 Å². The minimum Gasteiger partial charge on any atom is -0.481 e. The van der Waals surface area contributed by atoms with Crippen molar-refractivity contribution in [2.45, 2.75) is 6.92 Å². The molecule has 0 spiro atoms. The number of carbonyl (C=O) groups is 1. The summed E-state index contributed by atoms with van der Waals surface area (Å²) in [6, 6.07) is 13.5. The van der Waals surface area contributed by atoms with Crippen LogP contribution in [-0.2, 0) is 4.79 Å². The second-order valence-electron chi connectivity index (χ2n) is 3.68. The van der Waals surface area contributed by atoms with Gasteiger partial charge in [0.1, 0.15) is 5.82 Å². The van der Waals surface area contributed by atoms with Gasteiger partial charge in [0, 0.05) is 24.6 Å². The maximum atomic E-state index is 9.00. The molecule has 0 radical (unpaired) electrons. The lowest BCUT2D eigenvalue weighted by Gasteiger charge is -2.03. The van der Waals surface area contributed by atoms with Crippen LogP contribution in [0, 0.1) is 0 Å². The van der Waals surface area contributed by atoms with Crippen molar-refractivity contribution < 1.29 is 9.90 Å². The third-order valence-electron chi connectivity index (χ3n) is 2.15. The summed E-state index contributed by atoms with van der Waals surface area (Å²) in [5, 5.41) is 11.2. The predicted octanol–water partition coefficient (Wildman–Crippen LogP) is 3.53. The maximum absolute atomic E-state index is 9.00. The van der Waals surface area contributed by atoms with E-state index in [1.54, 1.807) is 0 Å². The van der Waals surface area contributed by atoms with E-state index >= 15 is 0 Å². The summed E-state index contributed by atoms with van der Waals surface area (Å²) in [5.41, 5.74) is 2.01. The molecule has 1 heterocycles. The van der Waals surface area contributed by atoms with Gasteiger partial charge in [0.2, 0.25) is 0 Å². The number of aromatic nitrogens is 1. The highest BCUT2D eigenvalue weighted by molar-refractivity contribution is 6.30. The van der Waals surface area contributed by atoms with E-state index in [0.717, 1.165) is 29.0 Å². The summed E-state index contributed by atoms with van der Waals surface area (Å²) in [4.78, 5) is 13.4. The topological polar surface area (TPSA) is 62.2 Å². The van der Waals surface area contributed by atoms with E-state index < -0.39 is 5.97 Å². The first-order valence-electron chi connectivity index (χ1n) is 5.63. The lowest BCUT2D eigenvalue weighted by molar-refractivity contribution is -0.134. The Hall–Kier alpha value is -2.07. The second-order valence-corrected chi connectivity index (χ2v) is 4.12. The Morgan fingerprint density at radius 1 is 1.21 bits per heavy atom. The largest absolute Gasteiger partial charge is 0.481 e. The predicted molar refractivity (Wildman–Crippen MR) is 77.5 cm³/mol. The molecular weight excluding hydrogens is 264 g/mol. The number of halogens is 1. The van der Waals surface area contributed by atoms with Crippen LogP contribution in [0.2, 0.25) is 5.02 Å². The second kappa shape index (κ2) is 7.38. The van der Waals surface area contributed by atoms with Crippen LogP contribution in [0.4, 0.5) is 5.82 Å². The Labute approximate surface area is 117 Å². The zero-order chi connectivity index (χ0) is 14.3. The van der Waals surface area contributed by atoms with E-state index in [4.69, 9.17) is 21.5 Å². The summed E-state index contributed by atoms with van der Waals surface area (Å²) in [6.07, 6.45) is 0. The first-order chi connectivity index (χ1) is 9.02. The molecule has 4 nitrogen and oxygen atoms in total. The normalized spacial score (nSPS) is 9.21. The number of nitrogens with one attached hydrogen (secondary N) is 1. The fourth-order valence-electron chi connectivity index (χ4n) is 1.36. The van der Waals surface area contributed by atoms with Crippen molar-refractivity contribution in [3.8, 4) is 11.3 Å². The number of rotatable bonds is 2. The van der Waals surface area contributed by atoms with Crippen LogP contribution in [-0.4, -0.2) is 23.1 Å². The summed E-state index contributed by atoms with van der Waals surface area (Å²) >= 11 is 5.82. The summed E-state index contributed by atoms with van der Waals surface area (Å²) in [7, 11) is 1.86. The van der Waals surface area contributed by atoms with Gasteiger partial charge in [0.25, 0.3) is 5.97 Å². The molecule has 0 aliphatic heterocycles. The molecule has 0 saturated heterocycles. The van der Waals surface area contributed by atoms with Crippen LogP contribution >= 0.6 is 11.6 Å². The number of hydrogen-bond acceptors (Lipinski definition) is 3. The summed E-state index contributed by atoms with van der Waals surface area (Å²) in [5.74, 6) is 0.0300. The van der Waals surface area contributed by atoms with E-state index in [-0.39, 0.29) is 0 Å². The fourth-order valence-corrected chi connectivity index (χ4v) is 1.48. The average Bonchev–Trinajstić information content (AvgIpc) is 2.39. The van der Waals surface area contributed by atoms with Gasteiger partial charge in [-0.3, -0.25) is 4.79 Å². The van der Waals surface area contributed by atoms with Crippen molar-refractivity contribution in [2.24, 2.45) is 0 Å². The molecule has 0 amide bonds. The Morgan fingerprint density at radius 3 is 2.32 bits per heavy atom. The van der Waals surface area contributed by atoms with E-state index in [1.165, 1.54) is 0 Å². The van der Waals surface area contributed by atoms with Crippen molar-refractivity contribution in [1.29, 1.82) is 0 Å². The van der Waals surface area contributed by atoms with Crippen molar-refractivity contribution in [3.63, 3.8) is 0 Å². The van der Waals surface area contributed by atoms with Gasteiger partial charge in [0.15, 0.2) is 0 Å². The number of aliphatic carboxylic acids is 1. The van der Waals surface area contributed by atoms with Gasteiger partial charge in [-0.05, 0) is 24.3 Å². The van der Waals surface area contributed by atoms with Gasteiger partial charge in [-0.25, -0.2) is 4.98 Å². The highest BCUT2D eigenvalue weighted by Crippen LogP contribution is 2.20. The molecule has 0 aliphatic rings. The Morgan fingerprint density at radius 2 is 1.79 bits per heavy atom. The molecule has 0 bridgehead atoms. The highest BCUT2D eigenvalue weighted by atomic mass is 35.5. The van der Waals surface area contributed by atoms with Crippen LogP contribution in [0.15, 0.2) is 42.5 Å². The third kappa shape index (κ3) is 5.40. The molecule has 0 aliphatic carbocycles. The average molecular weight is 279 g/mol. The minimum absolute atomic E-state index is 0.739. The maximum Gasteiger partial charge on any atom is 0.300 e. The van der Waals surface area contributed by atoms with Gasteiger partial charge in [0.05, 0.1) is 5.69 Å². The molecule has 0 fully saturated rings. The molecule has 1 aromatic carbocycles. The molecule has 0 unspecified atom stereocenters. The summed E-state index contributed by atoms with van der Waals surface area (Å²) < 4.78 is 0. The Bertz CT molecular complexity index is 537. The van der Waals surface area contributed by atoms with Gasteiger partial charge < -0.3 is 10.4 Å². The molecule has 1 aromatic heterocycles. The first-order valence-corrected chi connectivity index (χ1v) is 6.01. The number of carboxylic acid groups (broad SMARTS) is 1. The van der Waals surface area contributed by atoms with Crippen molar-refractivity contribution in [3.05, 3.63) is 47.5 Å². The zero-order valence-corrected chi connectivity index (χ0v) is 11.5. The van der Waals surface area contributed by atoms with Crippen molar-refractivity contribution in [2.75, 3.05) is 12.4 Å².